The Balaban J connectivity index is 1.78. The molecule has 0 spiro atoms. The molecule has 69 heavy (non-hydrogen) atoms. The first-order valence-corrected chi connectivity index (χ1v) is 26.2. The van der Waals surface area contributed by atoms with Crippen molar-refractivity contribution >= 4 is 5.97 Å². The van der Waals surface area contributed by atoms with E-state index in [0.717, 1.165) is 89.9 Å². The van der Waals surface area contributed by atoms with Gasteiger partial charge in [0.2, 0.25) is 0 Å². The maximum atomic E-state index is 13.0. The van der Waals surface area contributed by atoms with Crippen molar-refractivity contribution in [2.75, 3.05) is 33.0 Å². The van der Waals surface area contributed by atoms with Crippen molar-refractivity contribution in [1.29, 1.82) is 0 Å². The minimum absolute atomic E-state index is 0.0129. The van der Waals surface area contributed by atoms with Gasteiger partial charge in [-0.05, 0) is 83.5 Å². The van der Waals surface area contributed by atoms with Crippen LogP contribution in [0, 0.1) is 0 Å². The highest BCUT2D eigenvalue weighted by Gasteiger charge is 2.47. The third-order valence-corrected chi connectivity index (χ3v) is 11.9. The van der Waals surface area contributed by atoms with E-state index in [-0.39, 0.29) is 19.6 Å². The first-order valence-electron chi connectivity index (χ1n) is 26.2. The van der Waals surface area contributed by atoms with E-state index in [1.54, 1.807) is 0 Å². The normalized spacial score (nSPS) is 26.4. The molecule has 2 fully saturated rings. The van der Waals surface area contributed by atoms with Gasteiger partial charge in [0.25, 0.3) is 0 Å². The van der Waals surface area contributed by atoms with Gasteiger partial charge in [-0.25, -0.2) is 0 Å². The lowest BCUT2D eigenvalue weighted by molar-refractivity contribution is -0.332. The number of hydrogen-bond donors (Lipinski definition) is 7. The zero-order chi connectivity index (χ0) is 50.2. The van der Waals surface area contributed by atoms with Crippen molar-refractivity contribution in [3.63, 3.8) is 0 Å². The summed E-state index contributed by atoms with van der Waals surface area (Å²) in [4.78, 5) is 13.0. The Bertz CT molecular complexity index is 1460. The molecule has 14 heteroatoms. The van der Waals surface area contributed by atoms with Crippen LogP contribution in [0.15, 0.2) is 85.1 Å². The van der Waals surface area contributed by atoms with E-state index in [1.165, 1.54) is 38.5 Å². The van der Waals surface area contributed by atoms with Crippen LogP contribution in [-0.2, 0) is 33.2 Å². The number of aliphatic hydroxyl groups excluding tert-OH is 7. The van der Waals surface area contributed by atoms with Gasteiger partial charge in [0.15, 0.2) is 12.6 Å². The Morgan fingerprint density at radius 1 is 0.493 bits per heavy atom. The minimum Gasteiger partial charge on any atom is -0.457 e. The molecule has 2 aliphatic rings. The van der Waals surface area contributed by atoms with Gasteiger partial charge in [-0.1, -0.05) is 150 Å². The van der Waals surface area contributed by atoms with Gasteiger partial charge in [0.05, 0.1) is 26.4 Å². The van der Waals surface area contributed by atoms with Crippen LogP contribution in [0.2, 0.25) is 0 Å². The Kier molecular flexibility index (Phi) is 37.7. The van der Waals surface area contributed by atoms with Crippen molar-refractivity contribution in [2.45, 2.75) is 223 Å². The molecule has 2 saturated heterocycles. The van der Waals surface area contributed by atoms with Gasteiger partial charge >= 0.3 is 5.97 Å². The van der Waals surface area contributed by atoms with Crippen LogP contribution in [-0.4, -0.2) is 142 Å². The van der Waals surface area contributed by atoms with Gasteiger partial charge < -0.3 is 64.2 Å². The lowest BCUT2D eigenvalue weighted by Gasteiger charge is -2.42. The molecular weight excluding hydrogens is 885 g/mol. The van der Waals surface area contributed by atoms with E-state index in [0.29, 0.717) is 13.0 Å². The van der Waals surface area contributed by atoms with Crippen molar-refractivity contribution in [2.24, 2.45) is 0 Å². The van der Waals surface area contributed by atoms with Gasteiger partial charge in [0, 0.05) is 13.0 Å². The zero-order valence-corrected chi connectivity index (χ0v) is 42.0. The number of rotatable bonds is 40. The second kappa shape index (κ2) is 41.8. The highest BCUT2D eigenvalue weighted by molar-refractivity contribution is 5.69. The molecule has 0 saturated carbocycles. The summed E-state index contributed by atoms with van der Waals surface area (Å²) in [5, 5.41) is 72.1. The number of unbranched alkanes of at least 4 members (excludes halogenated alkanes) is 12. The van der Waals surface area contributed by atoms with Crippen LogP contribution in [0.1, 0.15) is 155 Å². The van der Waals surface area contributed by atoms with E-state index < -0.39 is 86.7 Å². The molecule has 0 aromatic heterocycles. The van der Waals surface area contributed by atoms with Gasteiger partial charge in [-0.15, -0.1) is 0 Å². The van der Waals surface area contributed by atoms with E-state index in [2.05, 4.69) is 98.9 Å². The van der Waals surface area contributed by atoms with Crippen LogP contribution in [0.25, 0.3) is 0 Å². The average Bonchev–Trinajstić information content (AvgIpc) is 3.35. The van der Waals surface area contributed by atoms with E-state index in [4.69, 9.17) is 28.4 Å². The van der Waals surface area contributed by atoms with Crippen molar-refractivity contribution < 1.29 is 69.0 Å². The number of aliphatic hydroxyl groups is 7. The Labute approximate surface area is 414 Å². The number of ether oxygens (including phenoxy) is 6. The summed E-state index contributed by atoms with van der Waals surface area (Å²) in [6, 6.07) is 0. The highest BCUT2D eigenvalue weighted by Crippen LogP contribution is 2.26. The van der Waals surface area contributed by atoms with Gasteiger partial charge in [0.1, 0.15) is 54.9 Å². The van der Waals surface area contributed by atoms with Crippen LogP contribution in [0.3, 0.4) is 0 Å². The summed E-state index contributed by atoms with van der Waals surface area (Å²) in [6.45, 7) is 3.37. The van der Waals surface area contributed by atoms with Gasteiger partial charge in [-0.3, -0.25) is 4.79 Å². The number of carbonyl (C=O) groups is 1. The predicted octanol–water partition coefficient (Wildman–Crippen LogP) is 8.07. The maximum Gasteiger partial charge on any atom is 0.306 e. The van der Waals surface area contributed by atoms with Crippen molar-refractivity contribution in [1.82, 2.24) is 0 Å². The molecule has 14 nitrogen and oxygen atoms in total. The van der Waals surface area contributed by atoms with Crippen LogP contribution in [0.5, 0.6) is 0 Å². The third-order valence-electron chi connectivity index (χ3n) is 11.9. The van der Waals surface area contributed by atoms with Crippen molar-refractivity contribution in [3.8, 4) is 0 Å². The summed E-state index contributed by atoms with van der Waals surface area (Å²) >= 11 is 0. The second-order valence-electron chi connectivity index (χ2n) is 18.0. The minimum atomic E-state index is -1.72. The average molecular weight is 977 g/mol. The molecule has 11 atom stereocenters. The molecule has 0 amide bonds. The maximum absolute atomic E-state index is 13.0. The number of allylic oxidation sites excluding steroid dienone is 14. The molecule has 0 aliphatic carbocycles. The SMILES string of the molecule is CC/C=C\C/C=C\C/C=C\C/C=C\CCCOCC(COC1OC(COC2OC(CO)C(O)C(O)C2O)C(O)C(O)C1O)OC(=O)CCCCCCCC/C=C\C/C=C\C/C=C\CCCCCCC. The third kappa shape index (κ3) is 29.3. The predicted molar refractivity (Wildman–Crippen MR) is 270 cm³/mol. The lowest BCUT2D eigenvalue weighted by Crippen LogP contribution is -2.61. The quantitative estimate of drug-likeness (QED) is 0.0176. The molecule has 396 valence electrons. The standard InChI is InChI=1S/C55H92O14/c1-3-5-7-9-11-13-15-17-19-20-21-22-23-24-25-26-28-30-32-34-36-38-47(57)67-44(41-64-39-37-35-33-31-29-27-18-16-14-12-10-8-6-4-2)42-65-54-53(63)51(61)49(59)46(69-54)43-66-55-52(62)50(60)48(58)45(40-56)68-55/h6,8,12,14-15,17-18,20-21,23-24,27,31,33,44-46,48-56,58-63H,3-5,7,9-11,13,16,19,22,25-26,28-30,32,34-43H2,1-2H3/b8-6-,14-12-,17-15-,21-20-,24-23-,27-18-,33-31-. The molecular formula is C55H92O14. The molecule has 0 aromatic carbocycles. The smallest absolute Gasteiger partial charge is 0.306 e. The lowest BCUT2D eigenvalue weighted by atomic mass is 9.98. The topological polar surface area (TPSA) is 214 Å². The summed E-state index contributed by atoms with van der Waals surface area (Å²) in [5.41, 5.74) is 0. The van der Waals surface area contributed by atoms with Crippen LogP contribution >= 0.6 is 0 Å². The summed E-state index contributed by atoms with van der Waals surface area (Å²) in [6.07, 6.45) is 36.6. The molecule has 2 rings (SSSR count). The summed E-state index contributed by atoms with van der Waals surface area (Å²) in [7, 11) is 0. The molecule has 2 heterocycles. The summed E-state index contributed by atoms with van der Waals surface area (Å²) < 4.78 is 34.2. The van der Waals surface area contributed by atoms with Crippen LogP contribution in [0.4, 0.5) is 0 Å². The van der Waals surface area contributed by atoms with Gasteiger partial charge in [-0.2, -0.15) is 0 Å². The monoisotopic (exact) mass is 977 g/mol. The summed E-state index contributed by atoms with van der Waals surface area (Å²) in [5.74, 6) is -0.411. The van der Waals surface area contributed by atoms with Crippen molar-refractivity contribution in [3.05, 3.63) is 85.1 Å². The van der Waals surface area contributed by atoms with E-state index in [1.807, 2.05) is 0 Å². The molecule has 7 N–H and O–H groups in total. The first kappa shape index (κ1) is 62.3. The highest BCUT2D eigenvalue weighted by atomic mass is 16.7. The molecule has 2 aliphatic heterocycles. The van der Waals surface area contributed by atoms with E-state index in [9.17, 15) is 40.5 Å². The molecule has 11 unspecified atom stereocenters. The van der Waals surface area contributed by atoms with Crippen LogP contribution < -0.4 is 0 Å². The van der Waals surface area contributed by atoms with E-state index >= 15 is 0 Å². The number of carbonyl (C=O) groups excluding carboxylic acids is 1. The Morgan fingerprint density at radius 3 is 1.48 bits per heavy atom. The zero-order valence-electron chi connectivity index (χ0n) is 42.0. The fourth-order valence-electron chi connectivity index (χ4n) is 7.65. The Morgan fingerprint density at radius 2 is 0.942 bits per heavy atom. The number of hydrogen-bond acceptors (Lipinski definition) is 14. The number of esters is 1. The molecule has 0 aromatic rings. The second-order valence-corrected chi connectivity index (χ2v) is 18.0. The largest absolute Gasteiger partial charge is 0.457 e. The first-order chi connectivity index (χ1) is 33.6. The molecule has 0 bridgehead atoms. The molecule has 0 radical (unpaired) electrons. The fourth-order valence-corrected chi connectivity index (χ4v) is 7.65. The fraction of sp³-hybridized carbons (Fsp3) is 0.727. The Hall–Kier alpha value is -2.83.